The zero-order chi connectivity index (χ0) is 21.5. The highest BCUT2D eigenvalue weighted by atomic mass is 32.2. The highest BCUT2D eigenvalue weighted by Crippen LogP contribution is 2.36. The van der Waals surface area contributed by atoms with Crippen molar-refractivity contribution in [2.45, 2.75) is 5.16 Å². The Morgan fingerprint density at radius 1 is 1.19 bits per heavy atom. The first-order chi connectivity index (χ1) is 15.0. The minimum absolute atomic E-state index is 0.0957. The SMILES string of the molecule is COc1cc2c(cc1NC(=O)CSc1nc3sccc3c(=O)n1C)oc1ccccc12. The molecule has 1 amide bonds. The molecule has 0 aliphatic rings. The van der Waals surface area contributed by atoms with E-state index in [0.717, 1.165) is 16.4 Å². The normalized spacial score (nSPS) is 11.4. The molecule has 2 aromatic carbocycles. The molecule has 1 N–H and O–H groups in total. The number of furan rings is 1. The van der Waals surface area contributed by atoms with Gasteiger partial charge in [0.15, 0.2) is 5.16 Å². The second-order valence-electron chi connectivity index (χ2n) is 6.88. The van der Waals surface area contributed by atoms with Crippen LogP contribution in [0.25, 0.3) is 32.2 Å². The van der Waals surface area contributed by atoms with Gasteiger partial charge < -0.3 is 14.5 Å². The Hall–Kier alpha value is -3.30. The van der Waals surface area contributed by atoms with Crippen molar-refractivity contribution in [3.05, 3.63) is 58.2 Å². The van der Waals surface area contributed by atoms with Gasteiger partial charge in [-0.05, 0) is 23.6 Å². The number of carbonyl (C=O) groups is 1. The summed E-state index contributed by atoms with van der Waals surface area (Å²) in [5.41, 5.74) is 1.84. The fourth-order valence-electron chi connectivity index (χ4n) is 3.44. The van der Waals surface area contributed by atoms with Crippen LogP contribution in [-0.4, -0.2) is 28.3 Å². The lowest BCUT2D eigenvalue weighted by Crippen LogP contribution is -2.21. The summed E-state index contributed by atoms with van der Waals surface area (Å²) in [6.07, 6.45) is 0. The second kappa shape index (κ2) is 7.75. The number of thioether (sulfide) groups is 1. The van der Waals surface area contributed by atoms with Crippen molar-refractivity contribution in [1.82, 2.24) is 9.55 Å². The summed E-state index contributed by atoms with van der Waals surface area (Å²) in [4.78, 5) is 30.2. The molecule has 0 aliphatic carbocycles. The number of hydrogen-bond donors (Lipinski definition) is 1. The third-order valence-corrected chi connectivity index (χ3v) is 6.81. The van der Waals surface area contributed by atoms with Crippen LogP contribution in [-0.2, 0) is 11.8 Å². The van der Waals surface area contributed by atoms with Gasteiger partial charge in [0, 0.05) is 23.9 Å². The third kappa shape index (κ3) is 3.45. The van der Waals surface area contributed by atoms with Crippen molar-refractivity contribution in [1.29, 1.82) is 0 Å². The molecule has 0 saturated heterocycles. The van der Waals surface area contributed by atoms with Gasteiger partial charge >= 0.3 is 0 Å². The fraction of sp³-hybridized carbons (Fsp3) is 0.136. The minimum atomic E-state index is -0.237. The Bertz CT molecular complexity index is 1520. The first-order valence-corrected chi connectivity index (χ1v) is 11.3. The monoisotopic (exact) mass is 451 g/mol. The van der Waals surface area contributed by atoms with Crippen molar-refractivity contribution < 1.29 is 13.9 Å². The van der Waals surface area contributed by atoms with Gasteiger partial charge in [-0.15, -0.1) is 11.3 Å². The quantitative estimate of drug-likeness (QED) is 0.310. The summed E-state index contributed by atoms with van der Waals surface area (Å²) >= 11 is 2.61. The number of thiophene rings is 1. The van der Waals surface area contributed by atoms with Gasteiger partial charge in [0.05, 0.1) is 23.9 Å². The molecule has 5 rings (SSSR count). The smallest absolute Gasteiger partial charge is 0.262 e. The van der Waals surface area contributed by atoms with Crippen LogP contribution in [0.1, 0.15) is 0 Å². The molecule has 3 heterocycles. The van der Waals surface area contributed by atoms with Gasteiger partial charge in [-0.2, -0.15) is 0 Å². The van der Waals surface area contributed by atoms with Crippen LogP contribution in [0.3, 0.4) is 0 Å². The molecule has 0 unspecified atom stereocenters. The van der Waals surface area contributed by atoms with Gasteiger partial charge in [0.25, 0.3) is 5.56 Å². The summed E-state index contributed by atoms with van der Waals surface area (Å²) < 4.78 is 12.9. The molecule has 0 fully saturated rings. The Balaban J connectivity index is 1.39. The molecule has 0 bridgehead atoms. The van der Waals surface area contributed by atoms with E-state index in [2.05, 4.69) is 10.3 Å². The van der Waals surface area contributed by atoms with E-state index in [1.807, 2.05) is 35.7 Å². The highest BCUT2D eigenvalue weighted by molar-refractivity contribution is 7.99. The average Bonchev–Trinajstić information content (AvgIpc) is 3.38. The lowest BCUT2D eigenvalue weighted by Gasteiger charge is -2.11. The summed E-state index contributed by atoms with van der Waals surface area (Å²) in [6, 6.07) is 13.1. The number of rotatable bonds is 5. The molecule has 31 heavy (non-hydrogen) atoms. The largest absolute Gasteiger partial charge is 0.495 e. The molecular weight excluding hydrogens is 434 g/mol. The van der Waals surface area contributed by atoms with Gasteiger partial charge in [-0.25, -0.2) is 4.98 Å². The first kappa shape index (κ1) is 19.7. The maximum absolute atomic E-state index is 12.6. The number of fused-ring (bicyclic) bond motifs is 4. The van der Waals surface area contributed by atoms with Crippen molar-refractivity contribution in [2.75, 3.05) is 18.2 Å². The molecule has 0 aliphatic heterocycles. The molecule has 9 heteroatoms. The first-order valence-electron chi connectivity index (χ1n) is 9.41. The number of hydrogen-bond acceptors (Lipinski definition) is 7. The molecule has 0 atom stereocenters. The van der Waals surface area contributed by atoms with E-state index in [1.54, 1.807) is 26.3 Å². The van der Waals surface area contributed by atoms with E-state index in [1.165, 1.54) is 27.7 Å². The number of para-hydroxylation sites is 1. The second-order valence-corrected chi connectivity index (χ2v) is 8.72. The minimum Gasteiger partial charge on any atom is -0.495 e. The van der Waals surface area contributed by atoms with Crippen LogP contribution < -0.4 is 15.6 Å². The molecular formula is C22H17N3O4S2. The maximum Gasteiger partial charge on any atom is 0.262 e. The van der Waals surface area contributed by atoms with Gasteiger partial charge in [0.1, 0.15) is 21.7 Å². The van der Waals surface area contributed by atoms with Crippen molar-refractivity contribution in [2.24, 2.45) is 7.05 Å². The summed E-state index contributed by atoms with van der Waals surface area (Å²) in [6.45, 7) is 0. The summed E-state index contributed by atoms with van der Waals surface area (Å²) in [7, 11) is 3.22. The number of amides is 1. The number of aromatic nitrogens is 2. The lowest BCUT2D eigenvalue weighted by atomic mass is 10.1. The summed E-state index contributed by atoms with van der Waals surface area (Å²) in [5, 5.41) is 7.70. The van der Waals surface area contributed by atoms with E-state index in [0.29, 0.717) is 32.4 Å². The number of anilines is 1. The van der Waals surface area contributed by atoms with Crippen LogP contribution in [0.5, 0.6) is 5.75 Å². The number of nitrogens with zero attached hydrogens (tertiary/aromatic N) is 2. The molecule has 7 nitrogen and oxygen atoms in total. The van der Waals surface area contributed by atoms with Gasteiger partial charge in [0.2, 0.25) is 5.91 Å². The van der Waals surface area contributed by atoms with E-state index in [-0.39, 0.29) is 17.2 Å². The zero-order valence-electron chi connectivity index (χ0n) is 16.7. The predicted octanol–water partition coefficient (Wildman–Crippen LogP) is 4.63. The summed E-state index contributed by atoms with van der Waals surface area (Å²) in [5.74, 6) is 0.403. The Labute approximate surface area is 184 Å². The van der Waals surface area contributed by atoms with Crippen molar-refractivity contribution in [3.63, 3.8) is 0 Å². The standard InChI is InChI=1S/C22H17N3O4S2/c1-25-21(27)13-7-8-30-20(13)24-22(25)31-11-19(26)23-15-10-17-14(9-18(15)28-2)12-5-3-4-6-16(12)29-17/h3-10H,11H2,1-2H3,(H,23,26). The Kier molecular flexibility index (Phi) is 4.91. The average molecular weight is 452 g/mol. The Morgan fingerprint density at radius 3 is 2.87 bits per heavy atom. The lowest BCUT2D eigenvalue weighted by molar-refractivity contribution is -0.113. The number of methoxy groups -OCH3 is 1. The van der Waals surface area contributed by atoms with Crippen molar-refractivity contribution in [3.8, 4) is 5.75 Å². The highest BCUT2D eigenvalue weighted by Gasteiger charge is 2.16. The predicted molar refractivity (Wildman–Crippen MR) is 124 cm³/mol. The van der Waals surface area contributed by atoms with E-state index >= 15 is 0 Å². The van der Waals surface area contributed by atoms with E-state index < -0.39 is 0 Å². The fourth-order valence-corrected chi connectivity index (χ4v) is 5.02. The molecule has 0 saturated carbocycles. The van der Waals surface area contributed by atoms with Gasteiger partial charge in [-0.1, -0.05) is 30.0 Å². The van der Waals surface area contributed by atoms with Crippen LogP contribution in [0, 0.1) is 0 Å². The molecule has 0 spiro atoms. The Morgan fingerprint density at radius 2 is 2.03 bits per heavy atom. The van der Waals surface area contributed by atoms with Crippen LogP contribution in [0.15, 0.2) is 62.2 Å². The number of ether oxygens (including phenoxy) is 1. The topological polar surface area (TPSA) is 86.4 Å². The van der Waals surface area contributed by atoms with Crippen molar-refractivity contribution >= 4 is 66.8 Å². The number of nitrogens with one attached hydrogen (secondary N) is 1. The molecule has 3 aromatic heterocycles. The number of benzene rings is 2. The van der Waals surface area contributed by atoms with E-state index in [9.17, 15) is 9.59 Å². The zero-order valence-corrected chi connectivity index (χ0v) is 18.3. The third-order valence-electron chi connectivity index (χ3n) is 4.97. The van der Waals surface area contributed by atoms with E-state index in [4.69, 9.17) is 9.15 Å². The molecule has 156 valence electrons. The van der Waals surface area contributed by atoms with Crippen LogP contribution in [0.4, 0.5) is 5.69 Å². The van der Waals surface area contributed by atoms with Crippen LogP contribution in [0.2, 0.25) is 0 Å². The number of carbonyl (C=O) groups excluding carboxylic acids is 1. The molecule has 0 radical (unpaired) electrons. The molecule has 5 aromatic rings. The van der Waals surface area contributed by atoms with Gasteiger partial charge in [-0.3, -0.25) is 14.2 Å². The maximum atomic E-state index is 12.6. The van der Waals surface area contributed by atoms with Crippen LogP contribution >= 0.6 is 23.1 Å².